The number of carbonyl (C=O) groups excluding carboxylic acids is 1. The molecule has 7 nitrogen and oxygen atoms in total. The maximum atomic E-state index is 14.2. The molecule has 0 spiro atoms. The molecule has 4 rings (SSSR count). The predicted octanol–water partition coefficient (Wildman–Crippen LogP) is 4.63. The van der Waals surface area contributed by atoms with E-state index in [1.807, 2.05) is 0 Å². The van der Waals surface area contributed by atoms with Crippen molar-refractivity contribution >= 4 is 15.9 Å². The average molecular weight is 584 g/mol. The van der Waals surface area contributed by atoms with Crippen molar-refractivity contribution in [2.45, 2.75) is 83.3 Å². The predicted molar refractivity (Wildman–Crippen MR) is 152 cm³/mol. The lowest BCUT2D eigenvalue weighted by Gasteiger charge is -2.41. The second-order valence-corrected chi connectivity index (χ2v) is 14.4. The fraction of sp³-hybridized carbons (Fsp3) is 0.767. The number of halogens is 2. The Bertz CT molecular complexity index is 1060. The monoisotopic (exact) mass is 583 g/mol. The zero-order chi connectivity index (χ0) is 28.9. The lowest BCUT2D eigenvalue weighted by molar-refractivity contribution is -0.137. The standard InChI is InChI=1S/C30H47F2N3O4S/c1-22(2)21-35(30(36)20-28-5-4-16-39-28)27-8-11-33(12-9-27)13-10-29(24-17-25(31)19-26(32)18-24)23-6-14-34(15-7-23)40(3,37)38/h17-19,22-23,27-29H,4-16,20-21H2,1-3H3. The van der Waals surface area contributed by atoms with E-state index in [1.54, 1.807) is 0 Å². The van der Waals surface area contributed by atoms with E-state index in [4.69, 9.17) is 4.74 Å². The van der Waals surface area contributed by atoms with Gasteiger partial charge in [-0.1, -0.05) is 13.8 Å². The van der Waals surface area contributed by atoms with Crippen molar-refractivity contribution in [1.29, 1.82) is 0 Å². The maximum Gasteiger partial charge on any atom is 0.225 e. The molecule has 0 N–H and O–H groups in total. The van der Waals surface area contributed by atoms with Gasteiger partial charge in [0.15, 0.2) is 0 Å². The van der Waals surface area contributed by atoms with E-state index in [2.05, 4.69) is 23.6 Å². The van der Waals surface area contributed by atoms with Crippen molar-refractivity contribution in [3.8, 4) is 0 Å². The first-order valence-corrected chi connectivity index (χ1v) is 16.9. The van der Waals surface area contributed by atoms with E-state index >= 15 is 0 Å². The smallest absolute Gasteiger partial charge is 0.225 e. The molecule has 2 atom stereocenters. The molecule has 3 aliphatic rings. The summed E-state index contributed by atoms with van der Waals surface area (Å²) in [5.74, 6) is -0.441. The zero-order valence-corrected chi connectivity index (χ0v) is 25.2. The molecule has 3 aliphatic heterocycles. The molecule has 1 amide bonds. The summed E-state index contributed by atoms with van der Waals surface area (Å²) in [4.78, 5) is 17.7. The van der Waals surface area contributed by atoms with Crippen LogP contribution in [0.5, 0.6) is 0 Å². The van der Waals surface area contributed by atoms with Gasteiger partial charge in [0, 0.05) is 51.4 Å². The highest BCUT2D eigenvalue weighted by Crippen LogP contribution is 2.37. The van der Waals surface area contributed by atoms with Gasteiger partial charge in [0.1, 0.15) is 11.6 Å². The third-order valence-corrected chi connectivity index (χ3v) is 10.2. The average Bonchev–Trinajstić information content (AvgIpc) is 3.40. The molecule has 1 aromatic rings. The maximum absolute atomic E-state index is 14.2. The fourth-order valence-corrected chi connectivity index (χ4v) is 7.69. The minimum absolute atomic E-state index is 0.0462. The van der Waals surface area contributed by atoms with Crippen LogP contribution in [-0.4, -0.2) is 92.7 Å². The molecule has 0 saturated carbocycles. The molecule has 2 unspecified atom stereocenters. The van der Waals surface area contributed by atoms with Crippen LogP contribution in [-0.2, 0) is 19.6 Å². The van der Waals surface area contributed by atoms with Crippen molar-refractivity contribution in [2.24, 2.45) is 11.8 Å². The molecule has 3 fully saturated rings. The minimum atomic E-state index is -3.25. The third kappa shape index (κ3) is 8.69. The Morgan fingerprint density at radius 1 is 1.02 bits per heavy atom. The van der Waals surface area contributed by atoms with Gasteiger partial charge in [0.25, 0.3) is 0 Å². The van der Waals surface area contributed by atoms with E-state index < -0.39 is 21.7 Å². The number of amides is 1. The van der Waals surface area contributed by atoms with Crippen LogP contribution < -0.4 is 0 Å². The molecule has 10 heteroatoms. The largest absolute Gasteiger partial charge is 0.378 e. The molecule has 1 aromatic carbocycles. The number of hydrogen-bond acceptors (Lipinski definition) is 5. The molecule has 0 aromatic heterocycles. The summed E-state index contributed by atoms with van der Waals surface area (Å²) in [7, 11) is -3.25. The van der Waals surface area contributed by atoms with E-state index in [1.165, 1.54) is 22.7 Å². The van der Waals surface area contributed by atoms with Crippen LogP contribution in [0.1, 0.15) is 76.7 Å². The highest BCUT2D eigenvalue weighted by Gasteiger charge is 2.33. The molecule has 3 saturated heterocycles. The summed E-state index contributed by atoms with van der Waals surface area (Å²) in [5, 5.41) is 0. The van der Waals surface area contributed by atoms with Gasteiger partial charge < -0.3 is 14.5 Å². The molecule has 0 aliphatic carbocycles. The Kier molecular flexibility index (Phi) is 11.0. The van der Waals surface area contributed by atoms with Gasteiger partial charge in [-0.3, -0.25) is 4.79 Å². The van der Waals surface area contributed by atoms with Gasteiger partial charge in [-0.05, 0) is 86.9 Å². The summed E-state index contributed by atoms with van der Waals surface area (Å²) < 4.78 is 59.6. The highest BCUT2D eigenvalue weighted by molar-refractivity contribution is 7.88. The van der Waals surface area contributed by atoms with Crippen molar-refractivity contribution in [2.75, 3.05) is 52.1 Å². The van der Waals surface area contributed by atoms with Gasteiger partial charge in [-0.15, -0.1) is 0 Å². The summed E-state index contributed by atoms with van der Waals surface area (Å²) in [5.41, 5.74) is 0.660. The third-order valence-electron chi connectivity index (χ3n) is 8.91. The Balaban J connectivity index is 1.36. The van der Waals surface area contributed by atoms with Gasteiger partial charge >= 0.3 is 0 Å². The second kappa shape index (κ2) is 14.0. The van der Waals surface area contributed by atoms with Gasteiger partial charge in [0.2, 0.25) is 15.9 Å². The zero-order valence-electron chi connectivity index (χ0n) is 24.4. The summed E-state index contributed by atoms with van der Waals surface area (Å²) >= 11 is 0. The highest BCUT2D eigenvalue weighted by atomic mass is 32.2. The number of piperidine rings is 2. The number of ether oxygens (including phenoxy) is 1. The Labute approximate surface area is 239 Å². The Hall–Kier alpha value is -1.62. The Morgan fingerprint density at radius 2 is 1.68 bits per heavy atom. The normalized spacial score (nSPS) is 23.1. The van der Waals surface area contributed by atoms with Crippen LogP contribution in [0.3, 0.4) is 0 Å². The molecular formula is C30H47F2N3O4S. The van der Waals surface area contributed by atoms with Crippen LogP contribution in [0.25, 0.3) is 0 Å². The van der Waals surface area contributed by atoms with E-state index in [9.17, 15) is 22.0 Å². The van der Waals surface area contributed by atoms with Crippen LogP contribution in [0, 0.1) is 23.5 Å². The number of benzene rings is 1. The first kappa shape index (κ1) is 31.3. The molecule has 40 heavy (non-hydrogen) atoms. The number of likely N-dealkylation sites (tertiary alicyclic amines) is 1. The van der Waals surface area contributed by atoms with Gasteiger partial charge in [0.05, 0.1) is 18.8 Å². The lowest BCUT2D eigenvalue weighted by atomic mass is 9.78. The van der Waals surface area contributed by atoms with E-state index in [0.29, 0.717) is 43.8 Å². The van der Waals surface area contributed by atoms with Crippen LogP contribution in [0.4, 0.5) is 8.78 Å². The molecule has 0 bridgehead atoms. The number of rotatable bonds is 11. The van der Waals surface area contributed by atoms with E-state index in [0.717, 1.165) is 71.0 Å². The van der Waals surface area contributed by atoms with Crippen LogP contribution in [0.2, 0.25) is 0 Å². The van der Waals surface area contributed by atoms with Crippen LogP contribution in [0.15, 0.2) is 18.2 Å². The number of hydrogen-bond donors (Lipinski definition) is 0. The van der Waals surface area contributed by atoms with Crippen molar-refractivity contribution in [3.63, 3.8) is 0 Å². The first-order chi connectivity index (χ1) is 19.0. The molecule has 0 radical (unpaired) electrons. The van der Waals surface area contributed by atoms with Gasteiger partial charge in [-0.25, -0.2) is 21.5 Å². The summed E-state index contributed by atoms with van der Waals surface area (Å²) in [6.07, 6.45) is 7.67. The van der Waals surface area contributed by atoms with Crippen molar-refractivity contribution < 1.29 is 26.7 Å². The van der Waals surface area contributed by atoms with E-state index in [-0.39, 0.29) is 29.9 Å². The quantitative estimate of drug-likeness (QED) is 0.380. The fourth-order valence-electron chi connectivity index (χ4n) is 6.82. The summed E-state index contributed by atoms with van der Waals surface area (Å²) in [6.45, 7) is 9.25. The minimum Gasteiger partial charge on any atom is -0.378 e. The molecular weight excluding hydrogens is 536 g/mol. The lowest BCUT2D eigenvalue weighted by Crippen LogP contribution is -2.49. The Morgan fingerprint density at radius 3 is 2.23 bits per heavy atom. The first-order valence-electron chi connectivity index (χ1n) is 15.0. The topological polar surface area (TPSA) is 70.2 Å². The van der Waals surface area contributed by atoms with Gasteiger partial charge in [-0.2, -0.15) is 0 Å². The number of sulfonamides is 1. The SMILES string of the molecule is CC(C)CN(C(=O)CC1CCCO1)C1CCN(CCC(c2cc(F)cc(F)c2)C2CCN(S(C)(=O)=O)CC2)CC1. The number of carbonyl (C=O) groups is 1. The molecule has 3 heterocycles. The second-order valence-electron chi connectivity index (χ2n) is 12.4. The number of nitrogens with zero attached hydrogens (tertiary/aromatic N) is 3. The van der Waals surface area contributed by atoms with Crippen molar-refractivity contribution in [1.82, 2.24) is 14.1 Å². The van der Waals surface area contributed by atoms with Crippen LogP contribution >= 0.6 is 0 Å². The molecule has 226 valence electrons. The van der Waals surface area contributed by atoms with Crippen molar-refractivity contribution in [3.05, 3.63) is 35.4 Å². The summed E-state index contributed by atoms with van der Waals surface area (Å²) in [6, 6.07) is 4.00.